The Morgan fingerprint density at radius 2 is 2.06 bits per heavy atom. The summed E-state index contributed by atoms with van der Waals surface area (Å²) >= 11 is 0. The van der Waals surface area contributed by atoms with Crippen molar-refractivity contribution in [3.8, 4) is 0 Å². The lowest BCUT2D eigenvalue weighted by molar-refractivity contribution is 0.628. The summed E-state index contributed by atoms with van der Waals surface area (Å²) in [6.45, 7) is 10.4. The maximum absolute atomic E-state index is 4.35. The van der Waals surface area contributed by atoms with E-state index in [-0.39, 0.29) is 5.54 Å². The van der Waals surface area contributed by atoms with Crippen molar-refractivity contribution in [2.24, 2.45) is 0 Å². The van der Waals surface area contributed by atoms with E-state index >= 15 is 0 Å². The van der Waals surface area contributed by atoms with E-state index in [1.54, 1.807) is 6.20 Å². The molecular weight excluding hydrogens is 202 g/mol. The van der Waals surface area contributed by atoms with Crippen molar-refractivity contribution in [2.45, 2.75) is 52.6 Å². The van der Waals surface area contributed by atoms with Crippen molar-refractivity contribution >= 4 is 11.8 Å². The third-order valence-electron chi connectivity index (χ3n) is 2.05. The fraction of sp³-hybridized carbons (Fsp3) is 0.727. The number of aromatic nitrogens is 3. The molecule has 16 heavy (non-hydrogen) atoms. The average Bonchev–Trinajstić information content (AvgIpc) is 2.15. The first-order chi connectivity index (χ1) is 7.40. The topological polar surface area (TPSA) is 62.7 Å². The van der Waals surface area contributed by atoms with Crippen molar-refractivity contribution in [3.05, 3.63) is 6.20 Å². The molecule has 90 valence electrons. The van der Waals surface area contributed by atoms with Gasteiger partial charge in [-0.15, -0.1) is 5.10 Å². The van der Waals surface area contributed by atoms with Crippen LogP contribution in [0.5, 0.6) is 0 Å². The van der Waals surface area contributed by atoms with Gasteiger partial charge in [-0.05, 0) is 34.1 Å². The van der Waals surface area contributed by atoms with Gasteiger partial charge in [-0.2, -0.15) is 10.1 Å². The first-order valence-corrected chi connectivity index (χ1v) is 5.65. The molecule has 2 N–H and O–H groups in total. The molecule has 0 saturated heterocycles. The number of hydrogen-bond donors (Lipinski definition) is 2. The predicted octanol–water partition coefficient (Wildman–Crippen LogP) is 2.29. The van der Waals surface area contributed by atoms with Gasteiger partial charge in [-0.1, -0.05) is 6.92 Å². The summed E-state index contributed by atoms with van der Waals surface area (Å²) in [6.07, 6.45) is 2.66. The largest absolute Gasteiger partial charge is 0.364 e. The lowest BCUT2D eigenvalue weighted by Gasteiger charge is -2.21. The van der Waals surface area contributed by atoms with Gasteiger partial charge in [-0.25, -0.2) is 0 Å². The van der Waals surface area contributed by atoms with Crippen LogP contribution in [-0.4, -0.2) is 26.8 Å². The smallest absolute Gasteiger partial charge is 0.244 e. The highest BCUT2D eigenvalue weighted by Crippen LogP contribution is 2.12. The molecule has 0 aliphatic rings. The summed E-state index contributed by atoms with van der Waals surface area (Å²) in [6, 6.07) is 0.353. The van der Waals surface area contributed by atoms with Crippen LogP contribution in [-0.2, 0) is 0 Å². The number of hydrogen-bond acceptors (Lipinski definition) is 5. The number of nitrogens with zero attached hydrogens (tertiary/aromatic N) is 3. The molecule has 0 aliphatic heterocycles. The summed E-state index contributed by atoms with van der Waals surface area (Å²) in [5.41, 5.74) is -0.0241. The summed E-state index contributed by atoms with van der Waals surface area (Å²) in [5, 5.41) is 14.3. The Bertz CT molecular complexity index is 331. The maximum Gasteiger partial charge on any atom is 0.244 e. The van der Waals surface area contributed by atoms with Crippen molar-refractivity contribution < 1.29 is 0 Å². The standard InChI is InChI=1S/C11H21N5/c1-6-8(2)13-10-14-9(7-12-16-10)15-11(3,4)5/h7-8H,6H2,1-5H3,(H2,13,14,15,16). The second kappa shape index (κ2) is 5.09. The van der Waals surface area contributed by atoms with Crippen LogP contribution >= 0.6 is 0 Å². The highest BCUT2D eigenvalue weighted by molar-refractivity contribution is 5.39. The summed E-state index contributed by atoms with van der Waals surface area (Å²) in [4.78, 5) is 4.35. The number of rotatable bonds is 4. The zero-order valence-electron chi connectivity index (χ0n) is 10.7. The molecule has 1 atom stereocenters. The molecule has 5 nitrogen and oxygen atoms in total. The summed E-state index contributed by atoms with van der Waals surface area (Å²) in [7, 11) is 0. The zero-order chi connectivity index (χ0) is 12.2. The van der Waals surface area contributed by atoms with Crippen LogP contribution in [0.1, 0.15) is 41.0 Å². The molecule has 0 aliphatic carbocycles. The third kappa shape index (κ3) is 4.42. The molecule has 0 radical (unpaired) electrons. The highest BCUT2D eigenvalue weighted by Gasteiger charge is 2.11. The highest BCUT2D eigenvalue weighted by atomic mass is 15.3. The average molecular weight is 223 g/mol. The van der Waals surface area contributed by atoms with E-state index in [0.717, 1.165) is 12.2 Å². The van der Waals surface area contributed by atoms with Crippen LogP contribution in [0.2, 0.25) is 0 Å². The van der Waals surface area contributed by atoms with Crippen LogP contribution in [0.25, 0.3) is 0 Å². The Hall–Kier alpha value is -1.39. The Labute approximate surface area is 97.1 Å². The van der Waals surface area contributed by atoms with Crippen molar-refractivity contribution in [2.75, 3.05) is 10.6 Å². The van der Waals surface area contributed by atoms with Gasteiger partial charge < -0.3 is 10.6 Å². The molecule has 1 heterocycles. The Balaban J connectivity index is 2.71. The third-order valence-corrected chi connectivity index (χ3v) is 2.05. The molecule has 1 unspecified atom stereocenters. The van der Waals surface area contributed by atoms with Gasteiger partial charge >= 0.3 is 0 Å². The van der Waals surface area contributed by atoms with E-state index in [1.165, 1.54) is 0 Å². The fourth-order valence-electron chi connectivity index (χ4n) is 1.13. The first-order valence-electron chi connectivity index (χ1n) is 5.65. The number of nitrogens with one attached hydrogen (secondary N) is 2. The maximum atomic E-state index is 4.35. The lowest BCUT2D eigenvalue weighted by atomic mass is 10.1. The fourth-order valence-corrected chi connectivity index (χ4v) is 1.13. The van der Waals surface area contributed by atoms with Crippen molar-refractivity contribution in [1.82, 2.24) is 15.2 Å². The minimum Gasteiger partial charge on any atom is -0.364 e. The van der Waals surface area contributed by atoms with E-state index in [0.29, 0.717) is 12.0 Å². The van der Waals surface area contributed by atoms with Crippen LogP contribution in [0.3, 0.4) is 0 Å². The quantitative estimate of drug-likeness (QED) is 0.820. The van der Waals surface area contributed by atoms with Gasteiger partial charge in [0.1, 0.15) is 0 Å². The van der Waals surface area contributed by atoms with E-state index in [4.69, 9.17) is 0 Å². The van der Waals surface area contributed by atoms with E-state index in [9.17, 15) is 0 Å². The lowest BCUT2D eigenvalue weighted by Crippen LogP contribution is -2.27. The summed E-state index contributed by atoms with van der Waals surface area (Å²) in [5.74, 6) is 1.32. The summed E-state index contributed by atoms with van der Waals surface area (Å²) < 4.78 is 0. The Morgan fingerprint density at radius 3 is 2.62 bits per heavy atom. The molecular formula is C11H21N5. The van der Waals surface area contributed by atoms with Crippen LogP contribution in [0, 0.1) is 0 Å². The van der Waals surface area contributed by atoms with Gasteiger partial charge in [0.2, 0.25) is 5.95 Å². The molecule has 1 aromatic heterocycles. The molecule has 0 saturated carbocycles. The van der Waals surface area contributed by atoms with Crippen molar-refractivity contribution in [1.29, 1.82) is 0 Å². The van der Waals surface area contributed by atoms with Crippen molar-refractivity contribution in [3.63, 3.8) is 0 Å². The first kappa shape index (κ1) is 12.7. The second-order valence-electron chi connectivity index (χ2n) is 4.99. The monoisotopic (exact) mass is 223 g/mol. The van der Waals surface area contributed by atoms with Crippen LogP contribution in [0.4, 0.5) is 11.8 Å². The van der Waals surface area contributed by atoms with Crippen LogP contribution in [0.15, 0.2) is 6.20 Å². The normalized spacial score (nSPS) is 13.3. The van der Waals surface area contributed by atoms with Crippen LogP contribution < -0.4 is 10.6 Å². The molecule has 1 aromatic rings. The van der Waals surface area contributed by atoms with Gasteiger partial charge in [0, 0.05) is 11.6 Å². The molecule has 5 heteroatoms. The van der Waals surface area contributed by atoms with E-state index in [1.807, 2.05) is 0 Å². The second-order valence-corrected chi connectivity index (χ2v) is 4.99. The van der Waals surface area contributed by atoms with Gasteiger partial charge in [0.25, 0.3) is 0 Å². The molecule has 0 bridgehead atoms. The molecule has 0 spiro atoms. The van der Waals surface area contributed by atoms with Gasteiger partial charge in [0.15, 0.2) is 5.82 Å². The zero-order valence-corrected chi connectivity index (χ0v) is 10.7. The molecule has 0 aromatic carbocycles. The van der Waals surface area contributed by atoms with E-state index < -0.39 is 0 Å². The number of anilines is 2. The minimum atomic E-state index is -0.0241. The Kier molecular flexibility index (Phi) is 4.04. The van der Waals surface area contributed by atoms with Gasteiger partial charge in [-0.3, -0.25) is 0 Å². The Morgan fingerprint density at radius 1 is 1.38 bits per heavy atom. The SMILES string of the molecule is CCC(C)Nc1nncc(NC(C)(C)C)n1. The molecule has 1 rings (SSSR count). The predicted molar refractivity (Wildman–Crippen MR) is 66.6 cm³/mol. The minimum absolute atomic E-state index is 0.0241. The van der Waals surface area contributed by atoms with Gasteiger partial charge in [0.05, 0.1) is 6.20 Å². The molecule has 0 amide bonds. The van der Waals surface area contributed by atoms with E-state index in [2.05, 4.69) is 60.4 Å². The molecule has 0 fully saturated rings.